The van der Waals surface area contributed by atoms with Crippen LogP contribution >= 0.6 is 11.3 Å². The van der Waals surface area contributed by atoms with Crippen molar-refractivity contribution >= 4 is 27.9 Å². The Morgan fingerprint density at radius 1 is 1.38 bits per heavy atom. The number of fused-ring (bicyclic) bond motifs is 2. The summed E-state index contributed by atoms with van der Waals surface area (Å²) in [5.74, 6) is 0.713. The highest BCUT2D eigenvalue weighted by atomic mass is 32.1. The van der Waals surface area contributed by atoms with E-state index in [0.717, 1.165) is 17.7 Å². The number of nitrogens with zero attached hydrogens (tertiary/aromatic N) is 3. The molecule has 136 valence electrons. The Labute approximate surface area is 156 Å². The number of hydrazone groups is 1. The molecule has 0 aliphatic heterocycles. The number of non-ortho nitro benzene ring substituents is 1. The average molecular weight is 370 g/mol. The van der Waals surface area contributed by atoms with E-state index >= 15 is 0 Å². The minimum atomic E-state index is -0.390. The maximum absolute atomic E-state index is 10.9. The van der Waals surface area contributed by atoms with Crippen molar-refractivity contribution in [1.82, 2.24) is 4.98 Å². The van der Waals surface area contributed by atoms with Crippen molar-refractivity contribution in [2.75, 3.05) is 5.43 Å². The van der Waals surface area contributed by atoms with E-state index in [1.165, 1.54) is 36.0 Å². The van der Waals surface area contributed by atoms with Gasteiger partial charge < -0.3 is 0 Å². The molecule has 7 heteroatoms. The lowest BCUT2D eigenvalue weighted by atomic mass is 9.70. The Kier molecular flexibility index (Phi) is 3.87. The number of rotatable bonds is 4. The molecular formula is C19H22N4O2S. The number of nitro benzene ring substituents is 1. The molecule has 1 N–H and O–H groups in total. The van der Waals surface area contributed by atoms with E-state index in [2.05, 4.69) is 31.2 Å². The summed E-state index contributed by atoms with van der Waals surface area (Å²) >= 11 is 1.46. The van der Waals surface area contributed by atoms with Crippen LogP contribution in [0.1, 0.15) is 40.0 Å². The van der Waals surface area contributed by atoms with Crippen molar-refractivity contribution in [3.05, 3.63) is 39.8 Å². The molecule has 2 aromatic rings. The van der Waals surface area contributed by atoms with Crippen LogP contribution in [0.4, 0.5) is 10.8 Å². The number of anilines is 1. The van der Waals surface area contributed by atoms with Gasteiger partial charge in [-0.1, -0.05) is 32.9 Å². The second-order valence-electron chi connectivity index (χ2n) is 8.01. The predicted octanol–water partition coefficient (Wildman–Crippen LogP) is 5.33. The van der Waals surface area contributed by atoms with E-state index in [9.17, 15) is 10.1 Å². The van der Waals surface area contributed by atoms with E-state index < -0.39 is 4.92 Å². The van der Waals surface area contributed by atoms with Gasteiger partial charge in [0.2, 0.25) is 5.13 Å². The van der Waals surface area contributed by atoms with Crippen molar-refractivity contribution in [3.63, 3.8) is 0 Å². The summed E-state index contributed by atoms with van der Waals surface area (Å²) in [4.78, 5) is 15.1. The fourth-order valence-electron chi connectivity index (χ4n) is 4.45. The van der Waals surface area contributed by atoms with Gasteiger partial charge in [-0.25, -0.2) is 4.98 Å². The highest BCUT2D eigenvalue weighted by molar-refractivity contribution is 7.14. The van der Waals surface area contributed by atoms with Gasteiger partial charge >= 0.3 is 0 Å². The zero-order chi connectivity index (χ0) is 18.5. The summed E-state index contributed by atoms with van der Waals surface area (Å²) in [6.45, 7) is 7.05. The minimum absolute atomic E-state index is 0.0717. The maximum atomic E-state index is 10.9. The number of benzene rings is 1. The summed E-state index contributed by atoms with van der Waals surface area (Å²) in [5.41, 5.74) is 6.35. The zero-order valence-corrected chi connectivity index (χ0v) is 16.0. The third kappa shape index (κ3) is 2.53. The molecule has 2 aliphatic rings. The summed E-state index contributed by atoms with van der Waals surface area (Å²) in [6.07, 6.45) is 3.54. The second-order valence-corrected chi connectivity index (χ2v) is 8.87. The van der Waals surface area contributed by atoms with Crippen molar-refractivity contribution in [3.8, 4) is 11.3 Å². The SMILES string of the molecule is CC1(C)[C@H]2CC[C@]1(C)/C(=N/Nc1nc(-c3cccc([N+](=O)[O-])c3)cs1)C2. The quantitative estimate of drug-likeness (QED) is 0.582. The van der Waals surface area contributed by atoms with Gasteiger partial charge in [0.15, 0.2) is 0 Å². The molecule has 0 radical (unpaired) electrons. The summed E-state index contributed by atoms with van der Waals surface area (Å²) < 4.78 is 0. The fraction of sp³-hybridized carbons (Fsp3) is 0.474. The van der Waals surface area contributed by atoms with Crippen LogP contribution in [-0.4, -0.2) is 15.6 Å². The van der Waals surface area contributed by atoms with Crippen LogP contribution in [-0.2, 0) is 0 Å². The molecular weight excluding hydrogens is 348 g/mol. The maximum Gasteiger partial charge on any atom is 0.270 e. The van der Waals surface area contributed by atoms with Gasteiger partial charge in [0.1, 0.15) is 0 Å². The molecule has 2 fully saturated rings. The molecule has 2 saturated carbocycles. The first-order chi connectivity index (χ1) is 12.3. The molecule has 2 atom stereocenters. The van der Waals surface area contributed by atoms with Crippen LogP contribution in [0.2, 0.25) is 0 Å². The van der Waals surface area contributed by atoms with Gasteiger partial charge in [0.25, 0.3) is 5.69 Å². The number of nitrogens with one attached hydrogen (secondary N) is 1. The first-order valence-corrected chi connectivity index (χ1v) is 9.72. The fourth-order valence-corrected chi connectivity index (χ4v) is 5.11. The third-order valence-corrected chi connectivity index (χ3v) is 7.40. The van der Waals surface area contributed by atoms with E-state index in [0.29, 0.717) is 16.5 Å². The van der Waals surface area contributed by atoms with Gasteiger partial charge in [-0.3, -0.25) is 15.5 Å². The number of hydrogen-bond donors (Lipinski definition) is 1. The van der Waals surface area contributed by atoms with Crippen LogP contribution in [0.3, 0.4) is 0 Å². The van der Waals surface area contributed by atoms with E-state index in [1.807, 2.05) is 11.4 Å². The highest BCUT2D eigenvalue weighted by Crippen LogP contribution is 2.63. The Bertz CT molecular complexity index is 904. The number of aromatic nitrogens is 1. The number of thiazole rings is 1. The van der Waals surface area contributed by atoms with E-state index in [4.69, 9.17) is 5.10 Å². The highest BCUT2D eigenvalue weighted by Gasteiger charge is 2.59. The van der Waals surface area contributed by atoms with Crippen molar-refractivity contribution in [2.24, 2.45) is 21.8 Å². The molecule has 1 heterocycles. The molecule has 6 nitrogen and oxygen atoms in total. The molecule has 26 heavy (non-hydrogen) atoms. The smallest absolute Gasteiger partial charge is 0.258 e. The Hall–Kier alpha value is -2.28. The van der Waals surface area contributed by atoms with Crippen LogP contribution in [0.25, 0.3) is 11.3 Å². The summed E-state index contributed by atoms with van der Waals surface area (Å²) in [6, 6.07) is 6.54. The lowest BCUT2D eigenvalue weighted by molar-refractivity contribution is -0.384. The van der Waals surface area contributed by atoms with Gasteiger partial charge in [-0.05, 0) is 30.6 Å². The number of nitro groups is 1. The van der Waals surface area contributed by atoms with Gasteiger partial charge in [-0.2, -0.15) is 5.10 Å². The molecule has 1 aromatic carbocycles. The summed E-state index contributed by atoms with van der Waals surface area (Å²) in [7, 11) is 0. The molecule has 1 aromatic heterocycles. The third-order valence-electron chi connectivity index (χ3n) is 6.66. The largest absolute Gasteiger partial charge is 0.270 e. The van der Waals surface area contributed by atoms with Crippen LogP contribution in [0.5, 0.6) is 0 Å². The first-order valence-electron chi connectivity index (χ1n) is 8.85. The van der Waals surface area contributed by atoms with Gasteiger partial charge in [0.05, 0.1) is 10.6 Å². The molecule has 0 unspecified atom stereocenters. The monoisotopic (exact) mass is 370 g/mol. The van der Waals surface area contributed by atoms with Crippen molar-refractivity contribution < 1.29 is 4.92 Å². The molecule has 2 aliphatic carbocycles. The first kappa shape index (κ1) is 17.1. The topological polar surface area (TPSA) is 80.4 Å². The molecule has 0 spiro atoms. The molecule has 0 amide bonds. The lowest BCUT2D eigenvalue weighted by Crippen LogP contribution is -2.32. The van der Waals surface area contributed by atoms with E-state index in [-0.39, 0.29) is 11.1 Å². The molecule has 2 bridgehead atoms. The predicted molar refractivity (Wildman–Crippen MR) is 104 cm³/mol. The Balaban J connectivity index is 1.53. The summed E-state index contributed by atoms with van der Waals surface area (Å²) in [5, 5.41) is 18.3. The van der Waals surface area contributed by atoms with Crippen LogP contribution < -0.4 is 5.43 Å². The van der Waals surface area contributed by atoms with Crippen LogP contribution in [0, 0.1) is 26.9 Å². The normalized spacial score (nSPS) is 27.8. The average Bonchev–Trinajstić information content (AvgIpc) is 3.22. The van der Waals surface area contributed by atoms with Gasteiger partial charge in [0, 0.05) is 34.2 Å². The lowest BCUT2D eigenvalue weighted by Gasteiger charge is -2.34. The van der Waals surface area contributed by atoms with Gasteiger partial charge in [-0.15, -0.1) is 11.3 Å². The van der Waals surface area contributed by atoms with Crippen molar-refractivity contribution in [1.29, 1.82) is 0 Å². The van der Waals surface area contributed by atoms with Crippen molar-refractivity contribution in [2.45, 2.75) is 40.0 Å². The molecule has 0 saturated heterocycles. The minimum Gasteiger partial charge on any atom is -0.258 e. The molecule has 4 rings (SSSR count). The number of hydrogen-bond acceptors (Lipinski definition) is 6. The Morgan fingerprint density at radius 3 is 2.85 bits per heavy atom. The van der Waals surface area contributed by atoms with Crippen LogP contribution in [0.15, 0.2) is 34.7 Å². The van der Waals surface area contributed by atoms with E-state index in [1.54, 1.807) is 12.1 Å². The standard InChI is InChI=1S/C19H22N4O2S/c1-18(2)13-7-8-19(18,3)16(10-13)21-22-17-20-15(11-26-17)12-5-4-6-14(9-12)23(24)25/h4-6,9,11,13H,7-8,10H2,1-3H3,(H,20,22)/b21-16+/t13-,19+/m0/s1. The second kappa shape index (κ2) is 5.87. The Morgan fingerprint density at radius 2 is 2.19 bits per heavy atom. The zero-order valence-electron chi connectivity index (χ0n) is 15.2.